The average Bonchev–Trinajstić information content (AvgIpc) is 2.02. The first-order valence-electron chi connectivity index (χ1n) is 5.03. The molecule has 0 amide bonds. The van der Waals surface area contributed by atoms with Gasteiger partial charge in [0.25, 0.3) is 0 Å². The quantitative estimate of drug-likeness (QED) is 0.373. The molecule has 0 bridgehead atoms. The molecule has 0 heterocycles. The zero-order valence-corrected chi connectivity index (χ0v) is 10.0. The van der Waals surface area contributed by atoms with Gasteiger partial charge in [0.15, 0.2) is 0 Å². The van der Waals surface area contributed by atoms with Crippen molar-refractivity contribution in [3.63, 3.8) is 0 Å². The fraction of sp³-hybridized carbons (Fsp3) is 0.583. The summed E-state index contributed by atoms with van der Waals surface area (Å²) in [5, 5.41) is 5.92. The van der Waals surface area contributed by atoms with Gasteiger partial charge in [0, 0.05) is 20.3 Å². The lowest BCUT2D eigenvalue weighted by Crippen LogP contribution is -2.00. The summed E-state index contributed by atoms with van der Waals surface area (Å²) < 4.78 is 0. The van der Waals surface area contributed by atoms with E-state index in [0.29, 0.717) is 0 Å². The first-order valence-corrected chi connectivity index (χ1v) is 5.03. The van der Waals surface area contributed by atoms with E-state index in [1.165, 1.54) is 11.1 Å². The van der Waals surface area contributed by atoms with Gasteiger partial charge in [-0.15, -0.1) is 0 Å². The summed E-state index contributed by atoms with van der Waals surface area (Å²) in [5.41, 5.74) is 2.76. The third kappa shape index (κ3) is 9.04. The number of hydrogen-bond donors (Lipinski definition) is 0. The summed E-state index contributed by atoms with van der Waals surface area (Å²) in [4.78, 5) is 0. The first-order chi connectivity index (χ1) is 6.52. The van der Waals surface area contributed by atoms with Gasteiger partial charge >= 0.3 is 0 Å². The van der Waals surface area contributed by atoms with Crippen molar-refractivity contribution >= 4 is 6.21 Å². The van der Waals surface area contributed by atoms with Gasteiger partial charge in [-0.25, -0.2) is 0 Å². The molecular formula is C12H22N2. The Morgan fingerprint density at radius 2 is 1.86 bits per heavy atom. The maximum absolute atomic E-state index is 4.12. The molecule has 0 unspecified atom stereocenters. The third-order valence-electron chi connectivity index (χ3n) is 1.75. The van der Waals surface area contributed by atoms with E-state index in [-0.39, 0.29) is 0 Å². The van der Waals surface area contributed by atoms with E-state index in [0.717, 1.165) is 12.8 Å². The zero-order valence-electron chi connectivity index (χ0n) is 10.0. The van der Waals surface area contributed by atoms with Gasteiger partial charge in [-0.05, 0) is 39.7 Å². The zero-order chi connectivity index (χ0) is 11.0. The number of hydrogen-bond acceptors (Lipinski definition) is 2. The van der Waals surface area contributed by atoms with Crippen LogP contribution in [0.1, 0.15) is 33.6 Å². The number of nitrogens with zero attached hydrogens (tertiary/aromatic N) is 2. The van der Waals surface area contributed by atoms with Crippen molar-refractivity contribution in [2.75, 3.05) is 14.1 Å². The molecule has 0 aliphatic rings. The van der Waals surface area contributed by atoms with E-state index >= 15 is 0 Å². The minimum atomic E-state index is 1.12. The summed E-state index contributed by atoms with van der Waals surface area (Å²) in [7, 11) is 3.84. The second kappa shape index (κ2) is 7.36. The molecule has 0 aromatic carbocycles. The van der Waals surface area contributed by atoms with Crippen LogP contribution >= 0.6 is 0 Å². The molecule has 0 aliphatic heterocycles. The van der Waals surface area contributed by atoms with Crippen molar-refractivity contribution in [1.82, 2.24) is 5.01 Å². The Kier molecular flexibility index (Phi) is 6.81. The number of allylic oxidation sites excluding steroid dienone is 4. The van der Waals surface area contributed by atoms with Crippen molar-refractivity contribution < 1.29 is 0 Å². The maximum atomic E-state index is 4.12. The van der Waals surface area contributed by atoms with Crippen LogP contribution in [0.5, 0.6) is 0 Å². The maximum Gasteiger partial charge on any atom is 0.0469 e. The van der Waals surface area contributed by atoms with E-state index < -0.39 is 0 Å². The Labute approximate surface area is 88.0 Å². The van der Waals surface area contributed by atoms with Crippen LogP contribution in [0.4, 0.5) is 0 Å². The van der Waals surface area contributed by atoms with Crippen molar-refractivity contribution in [3.8, 4) is 0 Å². The Bertz CT molecular complexity index is 231. The second-order valence-electron chi connectivity index (χ2n) is 3.94. The lowest BCUT2D eigenvalue weighted by molar-refractivity contribution is 0.440. The summed E-state index contributed by atoms with van der Waals surface area (Å²) in [5.74, 6) is 0. The smallest absolute Gasteiger partial charge is 0.0469 e. The second-order valence-corrected chi connectivity index (χ2v) is 3.94. The molecule has 2 nitrogen and oxygen atoms in total. The lowest BCUT2D eigenvalue weighted by Gasteiger charge is -2.01. The Balaban J connectivity index is 3.84. The van der Waals surface area contributed by atoms with E-state index in [1.54, 1.807) is 5.01 Å². The molecule has 0 radical (unpaired) electrons. The van der Waals surface area contributed by atoms with Crippen LogP contribution < -0.4 is 0 Å². The predicted molar refractivity (Wildman–Crippen MR) is 64.6 cm³/mol. The normalized spacial score (nSPS) is 11.9. The van der Waals surface area contributed by atoms with Crippen molar-refractivity contribution in [2.24, 2.45) is 5.10 Å². The van der Waals surface area contributed by atoms with Gasteiger partial charge in [0.05, 0.1) is 0 Å². The molecule has 0 atom stereocenters. The molecule has 2 heteroatoms. The molecule has 0 N–H and O–H groups in total. The molecule has 0 fully saturated rings. The molecule has 0 aromatic heterocycles. The summed E-state index contributed by atoms with van der Waals surface area (Å²) >= 11 is 0. The van der Waals surface area contributed by atoms with E-state index in [4.69, 9.17) is 0 Å². The molecule has 0 rings (SSSR count). The largest absolute Gasteiger partial charge is 0.303 e. The standard InChI is InChI=1S/C12H22N2/c1-11(2)7-6-8-12(3)9-10-13-14(4)5/h7,9-10H,6,8H2,1-5H3/b12-9+,13-10+. The fourth-order valence-electron chi connectivity index (χ4n) is 0.966. The highest BCUT2D eigenvalue weighted by atomic mass is 15.4. The highest BCUT2D eigenvalue weighted by Crippen LogP contribution is 2.05. The van der Waals surface area contributed by atoms with Gasteiger partial charge in [0.1, 0.15) is 0 Å². The van der Waals surface area contributed by atoms with Crippen molar-refractivity contribution in [1.29, 1.82) is 0 Å². The van der Waals surface area contributed by atoms with Crippen LogP contribution in [0.3, 0.4) is 0 Å². The molecule has 0 aromatic rings. The van der Waals surface area contributed by atoms with Gasteiger partial charge < -0.3 is 5.01 Å². The van der Waals surface area contributed by atoms with Gasteiger partial charge in [-0.1, -0.05) is 17.2 Å². The van der Waals surface area contributed by atoms with Crippen LogP contribution in [0.15, 0.2) is 28.4 Å². The van der Waals surface area contributed by atoms with Crippen LogP contribution in [0, 0.1) is 0 Å². The Morgan fingerprint density at radius 1 is 1.21 bits per heavy atom. The minimum absolute atomic E-state index is 1.12. The average molecular weight is 194 g/mol. The third-order valence-corrected chi connectivity index (χ3v) is 1.75. The summed E-state index contributed by atoms with van der Waals surface area (Å²) in [6, 6.07) is 0. The molecule has 80 valence electrons. The van der Waals surface area contributed by atoms with E-state index in [2.05, 4.69) is 38.0 Å². The Morgan fingerprint density at radius 3 is 2.36 bits per heavy atom. The molecule has 14 heavy (non-hydrogen) atoms. The topological polar surface area (TPSA) is 15.6 Å². The number of hydrazone groups is 1. The fourth-order valence-corrected chi connectivity index (χ4v) is 0.966. The summed E-state index contributed by atoms with van der Waals surface area (Å²) in [6.45, 7) is 6.40. The minimum Gasteiger partial charge on any atom is -0.303 e. The van der Waals surface area contributed by atoms with Crippen molar-refractivity contribution in [3.05, 3.63) is 23.3 Å². The van der Waals surface area contributed by atoms with Gasteiger partial charge in [-0.3, -0.25) is 0 Å². The first kappa shape index (κ1) is 12.9. The van der Waals surface area contributed by atoms with Crippen LogP contribution in [0.2, 0.25) is 0 Å². The van der Waals surface area contributed by atoms with E-state index in [1.807, 2.05) is 20.3 Å². The van der Waals surface area contributed by atoms with Crippen molar-refractivity contribution in [2.45, 2.75) is 33.6 Å². The van der Waals surface area contributed by atoms with E-state index in [9.17, 15) is 0 Å². The molecular weight excluding hydrogens is 172 g/mol. The van der Waals surface area contributed by atoms with Crippen LogP contribution in [-0.2, 0) is 0 Å². The number of rotatable bonds is 5. The van der Waals surface area contributed by atoms with Crippen LogP contribution in [0.25, 0.3) is 0 Å². The summed E-state index contributed by atoms with van der Waals surface area (Å²) in [6.07, 6.45) is 8.42. The molecule has 0 aliphatic carbocycles. The highest BCUT2D eigenvalue weighted by Gasteiger charge is 1.87. The monoisotopic (exact) mass is 194 g/mol. The van der Waals surface area contributed by atoms with Gasteiger partial charge in [-0.2, -0.15) is 5.10 Å². The lowest BCUT2D eigenvalue weighted by atomic mass is 10.1. The molecule has 0 spiro atoms. The predicted octanol–water partition coefficient (Wildman–Crippen LogP) is 3.23. The van der Waals surface area contributed by atoms with Crippen LogP contribution in [-0.4, -0.2) is 25.3 Å². The highest BCUT2D eigenvalue weighted by molar-refractivity contribution is 5.71. The molecule has 0 saturated heterocycles. The molecule has 0 saturated carbocycles. The SMILES string of the molecule is CC(C)=CCC/C(C)=C/C=N/N(C)C. The van der Waals surface area contributed by atoms with Gasteiger partial charge in [0.2, 0.25) is 0 Å². The Hall–Kier alpha value is -1.05.